The molecule has 4 heteroatoms. The number of benzene rings is 2. The SMILES string of the molecule is CC(C)CCN(c1ccc(CCc2ccc(Cl)cc2)cc1)[C@H]1CCN(CC(N)CC(C)C)C1. The second kappa shape index (κ2) is 12.8. The summed E-state index contributed by atoms with van der Waals surface area (Å²) in [6.45, 7) is 13.6. The molecule has 1 fully saturated rings. The number of hydrogen-bond acceptors (Lipinski definition) is 3. The Hall–Kier alpha value is -1.55. The normalized spacial score (nSPS) is 17.8. The number of likely N-dealkylation sites (tertiary alicyclic amines) is 1. The lowest BCUT2D eigenvalue weighted by molar-refractivity contribution is 0.291. The highest BCUT2D eigenvalue weighted by Gasteiger charge is 2.28. The van der Waals surface area contributed by atoms with Crippen molar-refractivity contribution in [3.05, 3.63) is 64.7 Å². The summed E-state index contributed by atoms with van der Waals surface area (Å²) in [7, 11) is 0. The van der Waals surface area contributed by atoms with Gasteiger partial charge in [-0.05, 0) is 79.3 Å². The van der Waals surface area contributed by atoms with E-state index in [0.717, 1.165) is 50.5 Å². The van der Waals surface area contributed by atoms with Gasteiger partial charge < -0.3 is 10.6 Å². The van der Waals surface area contributed by atoms with Gasteiger partial charge in [-0.2, -0.15) is 0 Å². The molecule has 0 aromatic heterocycles. The minimum atomic E-state index is 0.285. The van der Waals surface area contributed by atoms with E-state index in [9.17, 15) is 0 Å². The van der Waals surface area contributed by atoms with Crippen molar-refractivity contribution in [3.8, 4) is 0 Å². The molecule has 1 aliphatic heterocycles. The highest BCUT2D eigenvalue weighted by atomic mass is 35.5. The Morgan fingerprint density at radius 2 is 1.55 bits per heavy atom. The Morgan fingerprint density at radius 3 is 2.12 bits per heavy atom. The molecule has 3 nitrogen and oxygen atoms in total. The van der Waals surface area contributed by atoms with Crippen LogP contribution >= 0.6 is 11.6 Å². The molecule has 0 saturated carbocycles. The summed E-state index contributed by atoms with van der Waals surface area (Å²) in [6, 6.07) is 18.4. The maximum absolute atomic E-state index is 6.42. The third-order valence-electron chi connectivity index (χ3n) is 6.79. The van der Waals surface area contributed by atoms with Gasteiger partial charge in [-0.25, -0.2) is 0 Å². The fraction of sp³-hybridized carbons (Fsp3) is 0.586. The van der Waals surface area contributed by atoms with Crippen molar-refractivity contribution in [1.82, 2.24) is 4.90 Å². The van der Waals surface area contributed by atoms with Crippen molar-refractivity contribution in [2.75, 3.05) is 31.1 Å². The summed E-state index contributed by atoms with van der Waals surface area (Å²) in [5.41, 5.74) is 10.5. The van der Waals surface area contributed by atoms with Gasteiger partial charge in [0.25, 0.3) is 0 Å². The topological polar surface area (TPSA) is 32.5 Å². The molecule has 2 aromatic rings. The zero-order chi connectivity index (χ0) is 23.8. The molecule has 182 valence electrons. The molecule has 0 spiro atoms. The smallest absolute Gasteiger partial charge is 0.0429 e. The molecule has 0 aliphatic carbocycles. The number of aryl methyl sites for hydroxylation is 2. The molecule has 0 radical (unpaired) electrons. The first kappa shape index (κ1) is 26.1. The van der Waals surface area contributed by atoms with Gasteiger partial charge in [-0.3, -0.25) is 4.90 Å². The van der Waals surface area contributed by atoms with Gasteiger partial charge in [0.15, 0.2) is 0 Å². The Morgan fingerprint density at radius 1 is 0.939 bits per heavy atom. The molecule has 0 amide bonds. The van der Waals surface area contributed by atoms with E-state index in [2.05, 4.69) is 73.9 Å². The van der Waals surface area contributed by atoms with Crippen LogP contribution in [-0.4, -0.2) is 43.2 Å². The Balaban J connectivity index is 1.61. The Labute approximate surface area is 207 Å². The first-order valence-electron chi connectivity index (χ1n) is 12.9. The Bertz CT molecular complexity index is 816. The minimum Gasteiger partial charge on any atom is -0.367 e. The number of anilines is 1. The second-order valence-corrected chi connectivity index (χ2v) is 11.2. The first-order valence-corrected chi connectivity index (χ1v) is 13.3. The molecular weight excluding hydrogens is 426 g/mol. The lowest BCUT2D eigenvalue weighted by atomic mass is 10.0. The molecule has 3 rings (SSSR count). The van der Waals surface area contributed by atoms with Gasteiger partial charge in [-0.1, -0.05) is 63.6 Å². The van der Waals surface area contributed by atoms with Crippen molar-refractivity contribution in [3.63, 3.8) is 0 Å². The zero-order valence-electron chi connectivity index (χ0n) is 21.1. The highest BCUT2D eigenvalue weighted by molar-refractivity contribution is 6.30. The molecule has 2 N–H and O–H groups in total. The molecular formula is C29H44ClN3. The molecule has 0 bridgehead atoms. The molecule has 1 heterocycles. The standard InChI is InChI=1S/C29H44ClN3/c1-22(2)15-18-33(29-16-17-32(21-29)20-27(31)19-23(3)4)28-13-9-25(10-14-28)6-5-24-7-11-26(30)12-8-24/h7-14,22-23,27,29H,5-6,15-21,31H2,1-4H3/t27?,29-/m0/s1. The molecule has 1 unspecified atom stereocenters. The van der Waals surface area contributed by atoms with E-state index in [1.807, 2.05) is 12.1 Å². The van der Waals surface area contributed by atoms with Crippen LogP contribution in [0.25, 0.3) is 0 Å². The fourth-order valence-electron chi connectivity index (χ4n) is 4.96. The third kappa shape index (κ3) is 8.63. The molecule has 1 saturated heterocycles. The zero-order valence-corrected chi connectivity index (χ0v) is 21.9. The number of halogens is 1. The van der Waals surface area contributed by atoms with Crippen molar-refractivity contribution >= 4 is 17.3 Å². The van der Waals surface area contributed by atoms with Crippen LogP contribution in [0.3, 0.4) is 0 Å². The summed E-state index contributed by atoms with van der Waals surface area (Å²) in [4.78, 5) is 5.25. The third-order valence-corrected chi connectivity index (χ3v) is 7.04. The summed E-state index contributed by atoms with van der Waals surface area (Å²) in [5, 5.41) is 0.803. The van der Waals surface area contributed by atoms with Crippen LogP contribution in [0.2, 0.25) is 5.02 Å². The largest absolute Gasteiger partial charge is 0.367 e. The number of hydrogen-bond donors (Lipinski definition) is 1. The number of nitrogens with two attached hydrogens (primary N) is 1. The fourth-order valence-corrected chi connectivity index (χ4v) is 5.08. The lowest BCUT2D eigenvalue weighted by Gasteiger charge is -2.32. The monoisotopic (exact) mass is 469 g/mol. The van der Waals surface area contributed by atoms with E-state index in [-0.39, 0.29) is 6.04 Å². The molecule has 2 aromatic carbocycles. The van der Waals surface area contributed by atoms with Crippen LogP contribution in [0.15, 0.2) is 48.5 Å². The van der Waals surface area contributed by atoms with Gasteiger partial charge >= 0.3 is 0 Å². The van der Waals surface area contributed by atoms with E-state index >= 15 is 0 Å². The van der Waals surface area contributed by atoms with Gasteiger partial charge in [0.05, 0.1) is 0 Å². The van der Waals surface area contributed by atoms with Gasteiger partial charge in [0, 0.05) is 49.0 Å². The highest BCUT2D eigenvalue weighted by Crippen LogP contribution is 2.26. The van der Waals surface area contributed by atoms with E-state index in [1.54, 1.807) is 0 Å². The predicted molar refractivity (Wildman–Crippen MR) is 144 cm³/mol. The van der Waals surface area contributed by atoms with Crippen LogP contribution in [0.1, 0.15) is 58.1 Å². The van der Waals surface area contributed by atoms with Crippen LogP contribution in [0.4, 0.5) is 5.69 Å². The average Bonchev–Trinajstić information content (AvgIpc) is 3.21. The number of nitrogens with zero attached hydrogens (tertiary/aromatic N) is 2. The van der Waals surface area contributed by atoms with Crippen molar-refractivity contribution in [2.24, 2.45) is 17.6 Å². The molecule has 2 atom stereocenters. The summed E-state index contributed by atoms with van der Waals surface area (Å²) < 4.78 is 0. The van der Waals surface area contributed by atoms with Crippen LogP contribution < -0.4 is 10.6 Å². The maximum atomic E-state index is 6.42. The van der Waals surface area contributed by atoms with Crippen LogP contribution in [0, 0.1) is 11.8 Å². The summed E-state index contributed by atoms with van der Waals surface area (Å²) >= 11 is 6.01. The average molecular weight is 470 g/mol. The van der Waals surface area contributed by atoms with Crippen LogP contribution in [0.5, 0.6) is 0 Å². The lowest BCUT2D eigenvalue weighted by Crippen LogP contribution is -2.41. The van der Waals surface area contributed by atoms with Gasteiger partial charge in [-0.15, -0.1) is 0 Å². The van der Waals surface area contributed by atoms with E-state index < -0.39 is 0 Å². The maximum Gasteiger partial charge on any atom is 0.0429 e. The first-order chi connectivity index (χ1) is 15.8. The van der Waals surface area contributed by atoms with Gasteiger partial charge in [0.1, 0.15) is 0 Å². The van der Waals surface area contributed by atoms with Crippen molar-refractivity contribution < 1.29 is 0 Å². The van der Waals surface area contributed by atoms with Crippen molar-refractivity contribution in [1.29, 1.82) is 0 Å². The predicted octanol–water partition coefficient (Wildman–Crippen LogP) is 6.43. The Kier molecular flexibility index (Phi) is 10.1. The van der Waals surface area contributed by atoms with E-state index in [4.69, 9.17) is 17.3 Å². The second-order valence-electron chi connectivity index (χ2n) is 10.8. The molecule has 33 heavy (non-hydrogen) atoms. The summed E-state index contributed by atoms with van der Waals surface area (Å²) in [5.74, 6) is 1.38. The van der Waals surface area contributed by atoms with E-state index in [1.165, 1.54) is 29.7 Å². The van der Waals surface area contributed by atoms with Gasteiger partial charge in [0.2, 0.25) is 0 Å². The quantitative estimate of drug-likeness (QED) is 0.389. The minimum absolute atomic E-state index is 0.285. The van der Waals surface area contributed by atoms with Crippen LogP contribution in [-0.2, 0) is 12.8 Å². The van der Waals surface area contributed by atoms with Crippen molar-refractivity contribution in [2.45, 2.75) is 71.9 Å². The molecule has 1 aliphatic rings. The summed E-state index contributed by atoms with van der Waals surface area (Å²) in [6.07, 6.45) is 5.66. The van der Waals surface area contributed by atoms with E-state index in [0.29, 0.717) is 17.9 Å². The number of rotatable bonds is 12.